The third-order valence-electron chi connectivity index (χ3n) is 3.81. The second kappa shape index (κ2) is 6.97. The average Bonchev–Trinajstić information content (AvgIpc) is 2.56. The highest BCUT2D eigenvalue weighted by Crippen LogP contribution is 2.45. The van der Waals surface area contributed by atoms with E-state index in [-0.39, 0.29) is 5.92 Å². The van der Waals surface area contributed by atoms with Gasteiger partial charge in [-0.05, 0) is 22.3 Å². The van der Waals surface area contributed by atoms with Crippen LogP contribution in [0.25, 0.3) is 11.1 Å². The van der Waals surface area contributed by atoms with Crippen LogP contribution in [0, 0.1) is 0 Å². The normalized spacial score (nSPS) is 12.8. The van der Waals surface area contributed by atoms with Crippen molar-refractivity contribution in [2.24, 2.45) is 0 Å². The number of benzene rings is 3. The molecular formula is C20H15Cl3. The van der Waals surface area contributed by atoms with Crippen molar-refractivity contribution in [1.29, 1.82) is 0 Å². The Morgan fingerprint density at radius 1 is 0.522 bits per heavy atom. The molecule has 0 fully saturated rings. The molecule has 0 spiro atoms. The van der Waals surface area contributed by atoms with Crippen LogP contribution in [0.4, 0.5) is 0 Å². The quantitative estimate of drug-likeness (QED) is 0.447. The first-order valence-electron chi connectivity index (χ1n) is 7.33. The number of rotatable bonds is 3. The van der Waals surface area contributed by atoms with Gasteiger partial charge in [-0.15, -0.1) is 0 Å². The average molecular weight is 362 g/mol. The molecule has 0 aliphatic heterocycles. The van der Waals surface area contributed by atoms with Crippen molar-refractivity contribution in [2.45, 2.75) is 9.71 Å². The van der Waals surface area contributed by atoms with E-state index in [1.807, 2.05) is 60.7 Å². The summed E-state index contributed by atoms with van der Waals surface area (Å²) in [4.78, 5) is 0. The molecule has 0 radical (unpaired) electrons. The maximum Gasteiger partial charge on any atom is 0.201 e. The number of hydrogen-bond acceptors (Lipinski definition) is 0. The lowest BCUT2D eigenvalue weighted by molar-refractivity contribution is 0.839. The Morgan fingerprint density at radius 2 is 0.957 bits per heavy atom. The van der Waals surface area contributed by atoms with E-state index in [1.54, 1.807) is 0 Å². The van der Waals surface area contributed by atoms with Crippen molar-refractivity contribution in [2.75, 3.05) is 0 Å². The maximum absolute atomic E-state index is 6.26. The molecule has 0 amide bonds. The van der Waals surface area contributed by atoms with E-state index in [9.17, 15) is 0 Å². The van der Waals surface area contributed by atoms with Crippen molar-refractivity contribution < 1.29 is 0 Å². The monoisotopic (exact) mass is 360 g/mol. The van der Waals surface area contributed by atoms with E-state index in [0.29, 0.717) is 0 Å². The van der Waals surface area contributed by atoms with Crippen molar-refractivity contribution in [3.63, 3.8) is 0 Å². The summed E-state index contributed by atoms with van der Waals surface area (Å²) in [6, 6.07) is 28.2. The molecule has 0 saturated heterocycles. The van der Waals surface area contributed by atoms with E-state index < -0.39 is 3.79 Å². The first-order valence-corrected chi connectivity index (χ1v) is 8.46. The second-order valence-electron chi connectivity index (χ2n) is 5.37. The number of hydrogen-bond donors (Lipinski definition) is 0. The zero-order valence-corrected chi connectivity index (χ0v) is 14.6. The number of halogens is 3. The van der Waals surface area contributed by atoms with Crippen LogP contribution in [0.1, 0.15) is 17.0 Å². The Balaban J connectivity index is 1.98. The number of alkyl halides is 3. The van der Waals surface area contributed by atoms with Crippen molar-refractivity contribution >= 4 is 34.8 Å². The van der Waals surface area contributed by atoms with Gasteiger partial charge in [-0.3, -0.25) is 0 Å². The summed E-state index contributed by atoms with van der Waals surface area (Å²) >= 11 is 18.8. The Morgan fingerprint density at radius 3 is 1.48 bits per heavy atom. The molecule has 0 saturated carbocycles. The predicted molar refractivity (Wildman–Crippen MR) is 100 cm³/mol. The van der Waals surface area contributed by atoms with Gasteiger partial charge in [0.05, 0.1) is 5.92 Å². The van der Waals surface area contributed by atoms with Crippen LogP contribution < -0.4 is 0 Å². The Labute approximate surface area is 151 Å². The molecular weight excluding hydrogens is 347 g/mol. The fourth-order valence-corrected chi connectivity index (χ4v) is 3.47. The molecule has 0 aromatic heterocycles. The maximum atomic E-state index is 6.26. The molecule has 0 heterocycles. The largest absolute Gasteiger partial charge is 0.201 e. The Kier molecular flexibility index (Phi) is 4.96. The van der Waals surface area contributed by atoms with E-state index in [4.69, 9.17) is 34.8 Å². The van der Waals surface area contributed by atoms with E-state index in [0.717, 1.165) is 16.7 Å². The van der Waals surface area contributed by atoms with Gasteiger partial charge >= 0.3 is 0 Å². The third-order valence-corrected chi connectivity index (χ3v) is 4.47. The minimum absolute atomic E-state index is 0.307. The zero-order chi connectivity index (χ0) is 16.3. The molecule has 1 atom stereocenters. The van der Waals surface area contributed by atoms with Crippen molar-refractivity contribution in [3.05, 3.63) is 96.1 Å². The van der Waals surface area contributed by atoms with E-state index in [2.05, 4.69) is 24.3 Å². The van der Waals surface area contributed by atoms with Gasteiger partial charge in [0.25, 0.3) is 0 Å². The van der Waals surface area contributed by atoms with Crippen LogP contribution in [-0.4, -0.2) is 3.79 Å². The van der Waals surface area contributed by atoms with Crippen LogP contribution in [0.3, 0.4) is 0 Å². The van der Waals surface area contributed by atoms with Gasteiger partial charge in [0.2, 0.25) is 3.79 Å². The van der Waals surface area contributed by atoms with Crippen molar-refractivity contribution in [1.82, 2.24) is 0 Å². The summed E-state index contributed by atoms with van der Waals surface area (Å²) in [5.41, 5.74) is 4.28. The van der Waals surface area contributed by atoms with Crippen LogP contribution in [0.5, 0.6) is 0 Å². The third kappa shape index (κ3) is 3.90. The lowest BCUT2D eigenvalue weighted by Crippen LogP contribution is -2.18. The fraction of sp³-hybridized carbons (Fsp3) is 0.100. The molecule has 3 rings (SSSR count). The zero-order valence-electron chi connectivity index (χ0n) is 12.3. The molecule has 0 aliphatic rings. The molecule has 0 N–H and O–H groups in total. The van der Waals surface area contributed by atoms with Crippen LogP contribution in [0.15, 0.2) is 84.9 Å². The Bertz CT molecular complexity index is 744. The van der Waals surface area contributed by atoms with Crippen molar-refractivity contribution in [3.8, 4) is 11.1 Å². The SMILES string of the molecule is ClC(Cl)(Cl)C(c1ccccc1)c1ccc(-c2ccccc2)cc1. The minimum atomic E-state index is -1.41. The standard InChI is InChI=1S/C20H15Cl3/c21-20(22,23)19(17-9-5-2-6-10-17)18-13-11-16(12-14-18)15-7-3-1-4-8-15/h1-14,19H. The van der Waals surface area contributed by atoms with Gasteiger partial charge in [0.1, 0.15) is 0 Å². The molecule has 0 aliphatic carbocycles. The Hall–Kier alpha value is -1.47. The summed E-state index contributed by atoms with van der Waals surface area (Å²) in [7, 11) is 0. The highest BCUT2D eigenvalue weighted by Gasteiger charge is 2.35. The molecule has 116 valence electrons. The van der Waals surface area contributed by atoms with E-state index >= 15 is 0 Å². The van der Waals surface area contributed by atoms with E-state index in [1.165, 1.54) is 5.56 Å². The topological polar surface area (TPSA) is 0 Å². The van der Waals surface area contributed by atoms with Crippen LogP contribution in [-0.2, 0) is 0 Å². The fourth-order valence-electron chi connectivity index (χ4n) is 2.71. The summed E-state index contributed by atoms with van der Waals surface area (Å²) in [5.74, 6) is -0.307. The molecule has 23 heavy (non-hydrogen) atoms. The van der Waals surface area contributed by atoms with Gasteiger partial charge in [-0.2, -0.15) is 0 Å². The first kappa shape index (κ1) is 16.4. The minimum Gasteiger partial charge on any atom is -0.0826 e. The second-order valence-corrected chi connectivity index (χ2v) is 7.74. The molecule has 0 nitrogen and oxygen atoms in total. The highest BCUT2D eigenvalue weighted by atomic mass is 35.6. The van der Waals surface area contributed by atoms with Gasteiger partial charge in [-0.1, -0.05) is 120 Å². The molecule has 0 bridgehead atoms. The molecule has 1 unspecified atom stereocenters. The van der Waals surface area contributed by atoms with Crippen LogP contribution >= 0.6 is 34.8 Å². The highest BCUT2D eigenvalue weighted by molar-refractivity contribution is 6.68. The van der Waals surface area contributed by atoms with Crippen LogP contribution in [0.2, 0.25) is 0 Å². The summed E-state index contributed by atoms with van der Waals surface area (Å²) in [6.07, 6.45) is 0. The predicted octanol–water partition coefficient (Wildman–Crippen LogP) is 6.86. The van der Waals surface area contributed by atoms with Gasteiger partial charge < -0.3 is 0 Å². The molecule has 3 heteroatoms. The lowest BCUT2D eigenvalue weighted by Gasteiger charge is -2.25. The lowest BCUT2D eigenvalue weighted by atomic mass is 9.91. The summed E-state index contributed by atoms with van der Waals surface area (Å²) in [5, 5.41) is 0. The summed E-state index contributed by atoms with van der Waals surface area (Å²) < 4.78 is -1.41. The van der Waals surface area contributed by atoms with Gasteiger partial charge in [-0.25, -0.2) is 0 Å². The summed E-state index contributed by atoms with van der Waals surface area (Å²) in [6.45, 7) is 0. The molecule has 3 aromatic carbocycles. The first-order chi connectivity index (χ1) is 11.1. The smallest absolute Gasteiger partial charge is 0.0826 e. The van der Waals surface area contributed by atoms with Gasteiger partial charge in [0.15, 0.2) is 0 Å². The molecule has 3 aromatic rings. The van der Waals surface area contributed by atoms with Gasteiger partial charge in [0, 0.05) is 0 Å².